The summed E-state index contributed by atoms with van der Waals surface area (Å²) in [7, 11) is 1.85. The van der Waals surface area contributed by atoms with E-state index >= 15 is 0 Å². The summed E-state index contributed by atoms with van der Waals surface area (Å²) < 4.78 is 7.44. The number of likely N-dealkylation sites (N-methyl/N-ethyl adjacent to an activating group) is 1. The number of aryl methyl sites for hydroxylation is 1. The second-order valence-corrected chi connectivity index (χ2v) is 7.84. The van der Waals surface area contributed by atoms with Gasteiger partial charge in [0, 0.05) is 25.5 Å². The first-order valence-electron chi connectivity index (χ1n) is 10.7. The molecule has 3 aromatic rings. The molecule has 0 unspecified atom stereocenters. The molecule has 8 heteroatoms. The molecule has 0 radical (unpaired) electrons. The van der Waals surface area contributed by atoms with Gasteiger partial charge in [0.2, 0.25) is 6.41 Å². The molecule has 0 spiro atoms. The van der Waals surface area contributed by atoms with Crippen molar-refractivity contribution in [3.8, 4) is 5.75 Å². The van der Waals surface area contributed by atoms with Gasteiger partial charge in [-0.3, -0.25) is 14.3 Å². The van der Waals surface area contributed by atoms with Gasteiger partial charge < -0.3 is 15.4 Å². The fourth-order valence-electron chi connectivity index (χ4n) is 3.07. The van der Waals surface area contributed by atoms with Gasteiger partial charge in [0.1, 0.15) is 12.4 Å². The maximum Gasteiger partial charge on any atom is 0.207 e. The Hall–Kier alpha value is -3.16. The number of aromatic nitrogens is 2. The maximum atomic E-state index is 11.4. The first kappa shape index (κ1) is 26.1. The molecule has 2 aromatic carbocycles. The van der Waals surface area contributed by atoms with Crippen molar-refractivity contribution in [3.05, 3.63) is 81.6 Å². The van der Waals surface area contributed by atoms with Crippen LogP contribution in [0.5, 0.6) is 5.75 Å². The highest BCUT2D eigenvalue weighted by atomic mass is 35.5. The quantitative estimate of drug-likeness (QED) is 0.330. The number of ether oxygens (including phenoxy) is 1. The van der Waals surface area contributed by atoms with E-state index in [1.165, 1.54) is 11.1 Å². The molecule has 1 amide bonds. The average molecular weight is 471 g/mol. The summed E-state index contributed by atoms with van der Waals surface area (Å²) in [5.74, 6) is 0.474. The summed E-state index contributed by atoms with van der Waals surface area (Å²) in [6.45, 7) is 6.54. The minimum Gasteiger partial charge on any atom is -0.490 e. The van der Waals surface area contributed by atoms with Crippen LogP contribution in [0.1, 0.15) is 32.6 Å². The number of carbonyl (C=O) groups excluding carboxylic acids is 2. The smallest absolute Gasteiger partial charge is 0.207 e. The normalized spacial score (nSPS) is 10.2. The maximum absolute atomic E-state index is 11.4. The SMILES string of the molecule is CNCCOc1c(C=O)cc(Cc2ccc(C)cc2)c(C)c1Cl.O=CNCCn1cccn1. The van der Waals surface area contributed by atoms with Crippen LogP contribution < -0.4 is 15.4 Å². The van der Waals surface area contributed by atoms with Crippen LogP contribution in [0, 0.1) is 13.8 Å². The van der Waals surface area contributed by atoms with Gasteiger partial charge in [-0.15, -0.1) is 0 Å². The summed E-state index contributed by atoms with van der Waals surface area (Å²) in [4.78, 5) is 21.2. The lowest BCUT2D eigenvalue weighted by atomic mass is 9.97. The van der Waals surface area contributed by atoms with Gasteiger partial charge >= 0.3 is 0 Å². The third kappa shape index (κ3) is 8.36. The van der Waals surface area contributed by atoms with Crippen molar-refractivity contribution in [3.63, 3.8) is 0 Å². The van der Waals surface area contributed by atoms with Crippen LogP contribution in [0.2, 0.25) is 5.02 Å². The largest absolute Gasteiger partial charge is 0.490 e. The molecular weight excluding hydrogens is 440 g/mol. The molecule has 1 heterocycles. The van der Waals surface area contributed by atoms with E-state index in [9.17, 15) is 9.59 Å². The van der Waals surface area contributed by atoms with Gasteiger partial charge in [0.25, 0.3) is 0 Å². The monoisotopic (exact) mass is 470 g/mol. The second-order valence-electron chi connectivity index (χ2n) is 7.47. The fourth-order valence-corrected chi connectivity index (χ4v) is 3.35. The number of hydrogen-bond acceptors (Lipinski definition) is 5. The minimum atomic E-state index is 0.466. The fraction of sp³-hybridized carbons (Fsp3) is 0.320. The number of halogens is 1. The zero-order valence-corrected chi connectivity index (χ0v) is 20.1. The molecule has 3 rings (SSSR count). The van der Waals surface area contributed by atoms with Crippen molar-refractivity contribution in [1.29, 1.82) is 0 Å². The van der Waals surface area contributed by atoms with Crippen LogP contribution in [0.3, 0.4) is 0 Å². The lowest BCUT2D eigenvalue weighted by Gasteiger charge is -2.16. The number of amides is 1. The second kappa shape index (κ2) is 14.1. The highest BCUT2D eigenvalue weighted by molar-refractivity contribution is 6.33. The molecule has 0 saturated heterocycles. The van der Waals surface area contributed by atoms with Crippen molar-refractivity contribution >= 4 is 24.3 Å². The summed E-state index contributed by atoms with van der Waals surface area (Å²) in [6, 6.07) is 12.1. The number of rotatable bonds is 11. The lowest BCUT2D eigenvalue weighted by molar-refractivity contribution is -0.109. The molecule has 0 bridgehead atoms. The van der Waals surface area contributed by atoms with E-state index in [1.807, 2.05) is 32.3 Å². The number of aldehydes is 1. The number of benzene rings is 2. The Morgan fingerprint density at radius 1 is 1.15 bits per heavy atom. The predicted molar refractivity (Wildman–Crippen MR) is 131 cm³/mol. The zero-order valence-electron chi connectivity index (χ0n) is 19.3. The standard InChI is InChI=1S/C19H22ClNO2.C6H9N3O/c1-13-4-6-15(7-5-13)10-16-11-17(12-22)19(18(20)14(16)2)23-9-8-21-3;10-6-7-3-5-9-4-1-2-8-9/h4-7,11-12,21H,8-10H2,1-3H3;1-2,4,6H,3,5H2,(H,7,10). The Morgan fingerprint density at radius 3 is 2.52 bits per heavy atom. The number of nitrogens with one attached hydrogen (secondary N) is 2. The molecule has 2 N–H and O–H groups in total. The van der Waals surface area contributed by atoms with Crippen molar-refractivity contribution < 1.29 is 14.3 Å². The van der Waals surface area contributed by atoms with E-state index in [0.29, 0.717) is 42.4 Å². The number of nitrogens with zero attached hydrogens (tertiary/aromatic N) is 2. The van der Waals surface area contributed by atoms with Crippen LogP contribution in [0.4, 0.5) is 0 Å². The Bertz CT molecular complexity index is 1010. The van der Waals surface area contributed by atoms with E-state index in [2.05, 4.69) is 46.9 Å². The number of carbonyl (C=O) groups is 2. The van der Waals surface area contributed by atoms with Crippen molar-refractivity contribution in [2.24, 2.45) is 0 Å². The Labute approximate surface area is 200 Å². The van der Waals surface area contributed by atoms with E-state index in [4.69, 9.17) is 16.3 Å². The Balaban J connectivity index is 0.000000321. The Morgan fingerprint density at radius 2 is 1.91 bits per heavy atom. The van der Waals surface area contributed by atoms with Gasteiger partial charge in [-0.2, -0.15) is 5.10 Å². The molecule has 0 fully saturated rings. The molecule has 0 aliphatic heterocycles. The van der Waals surface area contributed by atoms with Crippen LogP contribution in [-0.4, -0.2) is 49.2 Å². The molecule has 7 nitrogen and oxygen atoms in total. The van der Waals surface area contributed by atoms with Gasteiger partial charge in [0.05, 0.1) is 17.1 Å². The molecular formula is C25H31ClN4O3. The zero-order chi connectivity index (χ0) is 24.1. The predicted octanol–water partition coefficient (Wildman–Crippen LogP) is 3.59. The van der Waals surface area contributed by atoms with Crippen LogP contribution in [-0.2, 0) is 17.8 Å². The minimum absolute atomic E-state index is 0.466. The van der Waals surface area contributed by atoms with Gasteiger partial charge in [-0.25, -0.2) is 0 Å². The third-order valence-electron chi connectivity index (χ3n) is 4.97. The summed E-state index contributed by atoms with van der Waals surface area (Å²) >= 11 is 6.45. The molecule has 0 saturated carbocycles. The molecule has 1 aromatic heterocycles. The van der Waals surface area contributed by atoms with Gasteiger partial charge in [0.15, 0.2) is 6.29 Å². The highest BCUT2D eigenvalue weighted by Gasteiger charge is 2.15. The molecule has 0 aliphatic rings. The lowest BCUT2D eigenvalue weighted by Crippen LogP contribution is -2.17. The molecule has 33 heavy (non-hydrogen) atoms. The van der Waals surface area contributed by atoms with E-state index in [1.54, 1.807) is 10.9 Å². The summed E-state index contributed by atoms with van der Waals surface area (Å²) in [5, 5.41) is 10.0. The highest BCUT2D eigenvalue weighted by Crippen LogP contribution is 2.34. The van der Waals surface area contributed by atoms with Gasteiger partial charge in [-0.05, 0) is 56.1 Å². The van der Waals surface area contributed by atoms with E-state index < -0.39 is 0 Å². The molecule has 176 valence electrons. The van der Waals surface area contributed by atoms with Crippen LogP contribution >= 0.6 is 11.6 Å². The van der Waals surface area contributed by atoms with Crippen molar-refractivity contribution in [1.82, 2.24) is 20.4 Å². The van der Waals surface area contributed by atoms with Crippen molar-refractivity contribution in [2.75, 3.05) is 26.7 Å². The Kier molecular flexibility index (Phi) is 11.1. The topological polar surface area (TPSA) is 85.2 Å². The van der Waals surface area contributed by atoms with Crippen molar-refractivity contribution in [2.45, 2.75) is 26.8 Å². The van der Waals surface area contributed by atoms with E-state index in [-0.39, 0.29) is 0 Å². The molecule has 0 atom stereocenters. The van der Waals surface area contributed by atoms with E-state index in [0.717, 1.165) is 30.4 Å². The first-order chi connectivity index (χ1) is 16.0. The molecule has 0 aliphatic carbocycles. The van der Waals surface area contributed by atoms with Gasteiger partial charge in [-0.1, -0.05) is 41.4 Å². The van der Waals surface area contributed by atoms with Crippen LogP contribution in [0.15, 0.2) is 48.8 Å². The third-order valence-corrected chi connectivity index (χ3v) is 5.43. The summed E-state index contributed by atoms with van der Waals surface area (Å²) in [5.41, 5.74) is 4.92. The first-order valence-corrected chi connectivity index (χ1v) is 11.1. The average Bonchev–Trinajstić information content (AvgIpc) is 3.34. The number of hydrogen-bond donors (Lipinski definition) is 2. The van der Waals surface area contributed by atoms with Crippen LogP contribution in [0.25, 0.3) is 0 Å². The summed E-state index contributed by atoms with van der Waals surface area (Å²) in [6.07, 6.45) is 5.79.